The van der Waals surface area contributed by atoms with Gasteiger partial charge in [-0.05, 0) is 79.8 Å². The smallest absolute Gasteiger partial charge is 0.248 e. The molecule has 0 spiro atoms. The van der Waals surface area contributed by atoms with Gasteiger partial charge in [0.1, 0.15) is 36.1 Å². The Balaban J connectivity index is 1.51. The molecule has 0 unspecified atom stereocenters. The zero-order chi connectivity index (χ0) is 31.1. The highest BCUT2D eigenvalue weighted by Crippen LogP contribution is 2.40. The fraction of sp³-hybridized carbons (Fsp3) is 0.147. The predicted octanol–water partition coefficient (Wildman–Crippen LogP) is 7.48. The van der Waals surface area contributed by atoms with Crippen molar-refractivity contribution >= 4 is 45.6 Å². The molecule has 1 aromatic heterocycles. The maximum atomic E-state index is 13.5. The molecule has 8 nitrogen and oxygen atoms in total. The summed E-state index contributed by atoms with van der Waals surface area (Å²) in [6, 6.07) is 22.7. The van der Waals surface area contributed by atoms with Gasteiger partial charge in [0.15, 0.2) is 0 Å². The van der Waals surface area contributed by atoms with E-state index in [1.807, 2.05) is 61.5 Å². The molecule has 0 aliphatic carbocycles. The Kier molecular flexibility index (Phi) is 9.69. The average molecular weight is 612 g/mol. The van der Waals surface area contributed by atoms with Gasteiger partial charge in [-0.1, -0.05) is 41.9 Å². The van der Waals surface area contributed by atoms with Crippen molar-refractivity contribution in [1.82, 2.24) is 14.9 Å². The van der Waals surface area contributed by atoms with E-state index >= 15 is 0 Å². The minimum atomic E-state index is -0.328. The first-order chi connectivity index (χ1) is 21.3. The van der Waals surface area contributed by atoms with E-state index in [1.165, 1.54) is 24.5 Å². The minimum absolute atomic E-state index is 0.170. The number of aromatic nitrogens is 2. The fourth-order valence-corrected chi connectivity index (χ4v) is 4.83. The van der Waals surface area contributed by atoms with Crippen molar-refractivity contribution in [3.63, 3.8) is 0 Å². The normalized spacial score (nSPS) is 11.2. The molecule has 0 bridgehead atoms. The zero-order valence-corrected chi connectivity index (χ0v) is 25.2. The van der Waals surface area contributed by atoms with Crippen LogP contribution in [0.15, 0.2) is 97.3 Å². The van der Waals surface area contributed by atoms with Crippen LogP contribution in [0, 0.1) is 5.82 Å². The first-order valence-electron chi connectivity index (χ1n) is 13.8. The van der Waals surface area contributed by atoms with Crippen LogP contribution in [0.2, 0.25) is 5.02 Å². The molecule has 0 saturated carbocycles. The van der Waals surface area contributed by atoms with Gasteiger partial charge >= 0.3 is 0 Å². The van der Waals surface area contributed by atoms with E-state index in [0.29, 0.717) is 56.7 Å². The Labute approximate surface area is 260 Å². The van der Waals surface area contributed by atoms with Gasteiger partial charge in [0.25, 0.3) is 0 Å². The number of ether oxygens (including phenoxy) is 2. The molecule has 5 aromatic rings. The number of amides is 1. The number of likely N-dealkylation sites (N-methyl/N-ethyl adjacent to an activating group) is 1. The van der Waals surface area contributed by atoms with E-state index in [9.17, 15) is 9.18 Å². The summed E-state index contributed by atoms with van der Waals surface area (Å²) in [5.41, 5.74) is 4.13. The molecule has 2 N–H and O–H groups in total. The van der Waals surface area contributed by atoms with Crippen LogP contribution in [0.4, 0.5) is 21.6 Å². The lowest BCUT2D eigenvalue weighted by molar-refractivity contribution is -0.111. The highest BCUT2D eigenvalue weighted by molar-refractivity contribution is 6.32. The van der Waals surface area contributed by atoms with Gasteiger partial charge in [-0.25, -0.2) is 14.4 Å². The van der Waals surface area contributed by atoms with Crippen molar-refractivity contribution in [1.29, 1.82) is 0 Å². The third kappa shape index (κ3) is 7.50. The second-order valence-electron chi connectivity index (χ2n) is 10.2. The molecule has 44 heavy (non-hydrogen) atoms. The zero-order valence-electron chi connectivity index (χ0n) is 24.5. The second-order valence-corrected chi connectivity index (χ2v) is 10.6. The molecular formula is C34H31ClFN5O3. The number of fused-ring (bicyclic) bond motifs is 1. The summed E-state index contributed by atoms with van der Waals surface area (Å²) in [7, 11) is 5.47. The summed E-state index contributed by atoms with van der Waals surface area (Å²) < 4.78 is 24.9. The molecule has 0 atom stereocenters. The van der Waals surface area contributed by atoms with Crippen LogP contribution in [0.5, 0.6) is 11.5 Å². The molecule has 0 radical (unpaired) electrons. The number of nitrogens with zero attached hydrogens (tertiary/aromatic N) is 3. The molecular weight excluding hydrogens is 581 g/mol. The molecule has 10 heteroatoms. The number of carbonyl (C=O) groups excluding carboxylic acids is 1. The van der Waals surface area contributed by atoms with Crippen LogP contribution in [-0.4, -0.2) is 48.5 Å². The Morgan fingerprint density at radius 3 is 2.64 bits per heavy atom. The summed E-state index contributed by atoms with van der Waals surface area (Å²) in [4.78, 5) is 23.9. The molecule has 1 amide bonds. The SMILES string of the molecule is COc1cccc(-c2c(NC(=O)/C=C/CN(C)C)ccc3ncnc(Nc4ccc(OCc5cccc(F)c5)c(Cl)c4)c23)c1. The number of carbonyl (C=O) groups is 1. The Bertz CT molecular complexity index is 1830. The van der Waals surface area contributed by atoms with E-state index in [4.69, 9.17) is 21.1 Å². The van der Waals surface area contributed by atoms with Crippen molar-refractivity contribution in [2.75, 3.05) is 38.4 Å². The van der Waals surface area contributed by atoms with Gasteiger partial charge in [0.2, 0.25) is 5.91 Å². The largest absolute Gasteiger partial charge is 0.497 e. The molecule has 0 fully saturated rings. The van der Waals surface area contributed by atoms with Crippen LogP contribution in [-0.2, 0) is 11.4 Å². The van der Waals surface area contributed by atoms with Crippen molar-refractivity contribution in [3.8, 4) is 22.6 Å². The Morgan fingerprint density at radius 2 is 1.86 bits per heavy atom. The lowest BCUT2D eigenvalue weighted by Gasteiger charge is -2.17. The minimum Gasteiger partial charge on any atom is -0.497 e. The number of hydrogen-bond donors (Lipinski definition) is 2. The van der Waals surface area contributed by atoms with Crippen molar-refractivity contribution < 1.29 is 18.7 Å². The lowest BCUT2D eigenvalue weighted by Crippen LogP contribution is -2.13. The van der Waals surface area contributed by atoms with Gasteiger partial charge < -0.3 is 25.0 Å². The van der Waals surface area contributed by atoms with Crippen LogP contribution < -0.4 is 20.1 Å². The van der Waals surface area contributed by atoms with Gasteiger partial charge in [0.05, 0.1) is 23.0 Å². The first kappa shape index (κ1) is 30.5. The van der Waals surface area contributed by atoms with E-state index in [-0.39, 0.29) is 18.3 Å². The lowest BCUT2D eigenvalue weighted by atomic mass is 9.98. The highest BCUT2D eigenvalue weighted by Gasteiger charge is 2.18. The summed E-state index contributed by atoms with van der Waals surface area (Å²) >= 11 is 6.57. The van der Waals surface area contributed by atoms with Crippen molar-refractivity contribution in [2.24, 2.45) is 0 Å². The fourth-order valence-electron chi connectivity index (χ4n) is 4.59. The molecule has 0 saturated heterocycles. The van der Waals surface area contributed by atoms with Crippen LogP contribution >= 0.6 is 11.6 Å². The molecule has 0 aliphatic heterocycles. The summed E-state index contributed by atoms with van der Waals surface area (Å²) in [5.74, 6) is 1.04. The number of rotatable bonds is 11. The Morgan fingerprint density at radius 1 is 1.02 bits per heavy atom. The Hall–Kier alpha value is -4.99. The summed E-state index contributed by atoms with van der Waals surface area (Å²) in [6.07, 6.45) is 4.79. The van der Waals surface area contributed by atoms with Crippen LogP contribution in [0.3, 0.4) is 0 Å². The molecule has 224 valence electrons. The maximum absolute atomic E-state index is 13.5. The number of nitrogens with one attached hydrogen (secondary N) is 2. The summed E-state index contributed by atoms with van der Waals surface area (Å²) in [5, 5.41) is 7.44. The van der Waals surface area contributed by atoms with Gasteiger partial charge in [-0.3, -0.25) is 4.79 Å². The molecule has 4 aromatic carbocycles. The number of halogens is 2. The van der Waals surface area contributed by atoms with E-state index in [2.05, 4.69) is 20.6 Å². The molecule has 5 rings (SSSR count). The third-order valence-corrected chi connectivity index (χ3v) is 6.93. The van der Waals surface area contributed by atoms with Gasteiger partial charge in [-0.15, -0.1) is 0 Å². The van der Waals surface area contributed by atoms with Crippen LogP contribution in [0.1, 0.15) is 5.56 Å². The van der Waals surface area contributed by atoms with Gasteiger partial charge in [0, 0.05) is 29.6 Å². The van der Waals surface area contributed by atoms with Crippen molar-refractivity contribution in [2.45, 2.75) is 6.61 Å². The number of methoxy groups -OCH3 is 1. The topological polar surface area (TPSA) is 88.6 Å². The van der Waals surface area contributed by atoms with E-state index < -0.39 is 0 Å². The number of anilines is 3. The van der Waals surface area contributed by atoms with Crippen LogP contribution in [0.25, 0.3) is 22.0 Å². The number of benzene rings is 4. The van der Waals surface area contributed by atoms with Gasteiger partial charge in [-0.2, -0.15) is 0 Å². The maximum Gasteiger partial charge on any atom is 0.248 e. The first-order valence-corrected chi connectivity index (χ1v) is 14.2. The third-order valence-electron chi connectivity index (χ3n) is 6.64. The van der Waals surface area contributed by atoms with E-state index in [1.54, 1.807) is 37.5 Å². The van der Waals surface area contributed by atoms with Crippen molar-refractivity contribution in [3.05, 3.63) is 114 Å². The average Bonchev–Trinajstić information content (AvgIpc) is 3.00. The molecule has 0 aliphatic rings. The number of hydrogen-bond acceptors (Lipinski definition) is 7. The predicted molar refractivity (Wildman–Crippen MR) is 173 cm³/mol. The summed E-state index contributed by atoms with van der Waals surface area (Å²) in [6.45, 7) is 0.802. The second kappa shape index (κ2) is 14.0. The molecule has 1 heterocycles. The van der Waals surface area contributed by atoms with E-state index in [0.717, 1.165) is 11.1 Å². The quantitative estimate of drug-likeness (QED) is 0.150. The standard InChI is InChI=1S/C34H31ClFN5O3/c1-41(2)16-6-11-31(42)40-29-14-13-28-33(32(29)23-8-5-10-26(18-23)43-3)34(38-21-37-28)39-25-12-15-30(27(35)19-25)44-20-22-7-4-9-24(36)17-22/h4-15,17-19,21H,16,20H2,1-3H3,(H,40,42)(H,37,38,39)/b11-6+. The monoisotopic (exact) mass is 611 g/mol. The highest BCUT2D eigenvalue weighted by atomic mass is 35.5.